The summed E-state index contributed by atoms with van der Waals surface area (Å²) in [5.41, 5.74) is 3.55. The molecule has 0 aromatic heterocycles. The fourth-order valence-corrected chi connectivity index (χ4v) is 3.10. The molecule has 128 valence electrons. The molecule has 1 saturated heterocycles. The summed E-state index contributed by atoms with van der Waals surface area (Å²) >= 11 is 0. The van der Waals surface area contributed by atoms with Gasteiger partial charge in [-0.05, 0) is 25.8 Å². The first kappa shape index (κ1) is 17.2. The monoisotopic (exact) mass is 326 g/mol. The van der Waals surface area contributed by atoms with E-state index in [4.69, 9.17) is 14.2 Å². The van der Waals surface area contributed by atoms with Crippen molar-refractivity contribution in [1.82, 2.24) is 0 Å². The molecule has 1 fully saturated rings. The van der Waals surface area contributed by atoms with Crippen LogP contribution in [0.2, 0.25) is 0 Å². The summed E-state index contributed by atoms with van der Waals surface area (Å²) < 4.78 is 17.9. The Morgan fingerprint density at radius 1 is 1.00 bits per heavy atom. The van der Waals surface area contributed by atoms with Gasteiger partial charge in [-0.15, -0.1) is 0 Å². The minimum Gasteiger partial charge on any atom is -0.374 e. The highest BCUT2D eigenvalue weighted by Gasteiger charge is 2.37. The first-order valence-electron chi connectivity index (χ1n) is 8.71. The molecule has 3 nitrogen and oxygen atoms in total. The van der Waals surface area contributed by atoms with Gasteiger partial charge in [-0.25, -0.2) is 0 Å². The second-order valence-corrected chi connectivity index (χ2v) is 6.34. The molecule has 1 aliphatic rings. The predicted molar refractivity (Wildman–Crippen MR) is 94.8 cm³/mol. The molecule has 1 aliphatic heterocycles. The number of aryl methyl sites for hydroxylation is 1. The molecule has 2 aromatic carbocycles. The molecule has 0 N–H and O–H groups in total. The van der Waals surface area contributed by atoms with E-state index in [1.54, 1.807) is 0 Å². The van der Waals surface area contributed by atoms with Crippen LogP contribution < -0.4 is 0 Å². The van der Waals surface area contributed by atoms with Crippen molar-refractivity contribution in [3.05, 3.63) is 71.3 Å². The van der Waals surface area contributed by atoms with Crippen LogP contribution in [0.5, 0.6) is 0 Å². The SMILES string of the molecule is Cc1ccc(C2(CCCOC(C)c3ccccc3)OCCO2)cc1. The molecule has 0 aliphatic carbocycles. The van der Waals surface area contributed by atoms with Crippen molar-refractivity contribution in [2.45, 2.75) is 38.6 Å². The molecule has 3 heteroatoms. The van der Waals surface area contributed by atoms with Gasteiger partial charge in [-0.3, -0.25) is 0 Å². The Kier molecular flexibility index (Phi) is 5.67. The van der Waals surface area contributed by atoms with Crippen LogP contribution in [0, 0.1) is 6.92 Å². The zero-order chi connectivity index (χ0) is 16.8. The van der Waals surface area contributed by atoms with E-state index in [0.717, 1.165) is 18.4 Å². The lowest BCUT2D eigenvalue weighted by atomic mass is 9.99. The highest BCUT2D eigenvalue weighted by Crippen LogP contribution is 2.36. The van der Waals surface area contributed by atoms with Crippen molar-refractivity contribution in [2.75, 3.05) is 19.8 Å². The number of hydrogen-bond donors (Lipinski definition) is 0. The average molecular weight is 326 g/mol. The van der Waals surface area contributed by atoms with Crippen LogP contribution in [-0.4, -0.2) is 19.8 Å². The smallest absolute Gasteiger partial charge is 0.195 e. The van der Waals surface area contributed by atoms with Crippen LogP contribution in [0.3, 0.4) is 0 Å². The number of rotatable bonds is 7. The predicted octanol–water partition coefficient (Wildman–Crippen LogP) is 4.75. The molecule has 1 heterocycles. The van der Waals surface area contributed by atoms with Crippen LogP contribution in [-0.2, 0) is 20.0 Å². The van der Waals surface area contributed by atoms with Crippen LogP contribution in [0.1, 0.15) is 42.6 Å². The maximum atomic E-state index is 5.98. The van der Waals surface area contributed by atoms with Gasteiger partial charge in [-0.2, -0.15) is 0 Å². The molecule has 0 spiro atoms. The van der Waals surface area contributed by atoms with Crippen LogP contribution in [0.25, 0.3) is 0 Å². The Bertz CT molecular complexity index is 615. The summed E-state index contributed by atoms with van der Waals surface area (Å²) in [6.45, 7) is 6.17. The van der Waals surface area contributed by atoms with Crippen LogP contribution in [0.4, 0.5) is 0 Å². The zero-order valence-electron chi connectivity index (χ0n) is 14.5. The van der Waals surface area contributed by atoms with E-state index >= 15 is 0 Å². The summed E-state index contributed by atoms with van der Waals surface area (Å²) in [7, 11) is 0. The molecule has 24 heavy (non-hydrogen) atoms. The summed E-state index contributed by atoms with van der Waals surface area (Å²) in [4.78, 5) is 0. The number of hydrogen-bond acceptors (Lipinski definition) is 3. The van der Waals surface area contributed by atoms with Crippen LogP contribution in [0.15, 0.2) is 54.6 Å². The molecule has 0 saturated carbocycles. The van der Waals surface area contributed by atoms with Gasteiger partial charge in [0, 0.05) is 18.6 Å². The maximum Gasteiger partial charge on any atom is 0.195 e. The Hall–Kier alpha value is -1.68. The third kappa shape index (κ3) is 4.04. The lowest BCUT2D eigenvalue weighted by molar-refractivity contribution is -0.173. The minimum absolute atomic E-state index is 0.104. The molecule has 1 unspecified atom stereocenters. The summed E-state index contributed by atoms with van der Waals surface area (Å²) in [6.07, 6.45) is 1.80. The van der Waals surface area contributed by atoms with E-state index in [-0.39, 0.29) is 6.10 Å². The molecular weight excluding hydrogens is 300 g/mol. The van der Waals surface area contributed by atoms with Gasteiger partial charge in [0.2, 0.25) is 0 Å². The van der Waals surface area contributed by atoms with E-state index in [1.807, 2.05) is 18.2 Å². The highest BCUT2D eigenvalue weighted by molar-refractivity contribution is 5.25. The van der Waals surface area contributed by atoms with E-state index in [0.29, 0.717) is 19.8 Å². The van der Waals surface area contributed by atoms with Crippen molar-refractivity contribution in [3.8, 4) is 0 Å². The average Bonchev–Trinajstić information content (AvgIpc) is 3.10. The van der Waals surface area contributed by atoms with Crippen molar-refractivity contribution in [2.24, 2.45) is 0 Å². The third-order valence-corrected chi connectivity index (χ3v) is 4.53. The lowest BCUT2D eigenvalue weighted by Gasteiger charge is -2.28. The van der Waals surface area contributed by atoms with Gasteiger partial charge in [0.05, 0.1) is 19.3 Å². The maximum absolute atomic E-state index is 5.98. The Balaban J connectivity index is 1.54. The molecule has 0 bridgehead atoms. The van der Waals surface area contributed by atoms with Gasteiger partial charge >= 0.3 is 0 Å². The normalized spacial score (nSPS) is 17.8. The summed E-state index contributed by atoms with van der Waals surface area (Å²) in [5, 5.41) is 0. The number of benzene rings is 2. The van der Waals surface area contributed by atoms with Gasteiger partial charge in [0.1, 0.15) is 0 Å². The van der Waals surface area contributed by atoms with Gasteiger partial charge in [-0.1, -0.05) is 60.2 Å². The van der Waals surface area contributed by atoms with E-state index < -0.39 is 5.79 Å². The van der Waals surface area contributed by atoms with Gasteiger partial charge in [0.15, 0.2) is 5.79 Å². The third-order valence-electron chi connectivity index (χ3n) is 4.53. The fraction of sp³-hybridized carbons (Fsp3) is 0.429. The fourth-order valence-electron chi connectivity index (χ4n) is 3.10. The van der Waals surface area contributed by atoms with Crippen molar-refractivity contribution >= 4 is 0 Å². The van der Waals surface area contributed by atoms with Gasteiger partial charge < -0.3 is 14.2 Å². The highest BCUT2D eigenvalue weighted by atomic mass is 16.7. The minimum atomic E-state index is -0.604. The Morgan fingerprint density at radius 3 is 2.33 bits per heavy atom. The topological polar surface area (TPSA) is 27.7 Å². The number of ether oxygens (including phenoxy) is 3. The van der Waals surface area contributed by atoms with E-state index in [2.05, 4.69) is 50.2 Å². The molecular formula is C21H26O3. The first-order chi connectivity index (χ1) is 11.7. The standard InChI is InChI=1S/C21H26O3/c1-17-9-11-20(12-10-17)21(23-15-16-24-21)13-6-14-22-18(2)19-7-4-3-5-8-19/h3-5,7-12,18H,6,13-16H2,1-2H3. The zero-order valence-corrected chi connectivity index (χ0v) is 14.5. The van der Waals surface area contributed by atoms with Crippen LogP contribution >= 0.6 is 0 Å². The van der Waals surface area contributed by atoms with Crippen molar-refractivity contribution in [1.29, 1.82) is 0 Å². The quantitative estimate of drug-likeness (QED) is 0.687. The molecule has 0 amide bonds. The summed E-state index contributed by atoms with van der Waals surface area (Å²) in [5.74, 6) is -0.604. The lowest BCUT2D eigenvalue weighted by Crippen LogP contribution is -2.27. The van der Waals surface area contributed by atoms with Gasteiger partial charge in [0.25, 0.3) is 0 Å². The van der Waals surface area contributed by atoms with E-state index in [1.165, 1.54) is 11.1 Å². The Morgan fingerprint density at radius 2 is 1.67 bits per heavy atom. The van der Waals surface area contributed by atoms with Crippen molar-refractivity contribution in [3.63, 3.8) is 0 Å². The van der Waals surface area contributed by atoms with E-state index in [9.17, 15) is 0 Å². The second kappa shape index (κ2) is 7.93. The first-order valence-corrected chi connectivity index (χ1v) is 8.71. The molecule has 3 rings (SSSR count). The summed E-state index contributed by atoms with van der Waals surface area (Å²) in [6, 6.07) is 18.7. The molecule has 2 aromatic rings. The van der Waals surface area contributed by atoms with Crippen molar-refractivity contribution < 1.29 is 14.2 Å². The molecule has 0 radical (unpaired) electrons. The molecule has 1 atom stereocenters. The largest absolute Gasteiger partial charge is 0.374 e. The second-order valence-electron chi connectivity index (χ2n) is 6.34. The Labute approximate surface area is 144 Å².